The van der Waals surface area contributed by atoms with Gasteiger partial charge in [-0.1, -0.05) is 6.07 Å². The summed E-state index contributed by atoms with van der Waals surface area (Å²) in [5.74, 6) is -0.0457. The number of nitrogens with zero attached hydrogens (tertiary/aromatic N) is 5. The number of aromatic nitrogens is 2. The molecule has 0 aliphatic carbocycles. The molecule has 2 bridgehead atoms. The number of rotatable bonds is 7. The number of piperidine rings is 2. The highest BCUT2D eigenvalue weighted by Gasteiger charge is 2.36. The van der Waals surface area contributed by atoms with Crippen LogP contribution in [0.3, 0.4) is 0 Å². The van der Waals surface area contributed by atoms with Gasteiger partial charge in [0.15, 0.2) is 0 Å². The van der Waals surface area contributed by atoms with Crippen molar-refractivity contribution in [2.75, 3.05) is 49.5 Å². The molecule has 230 valence electrons. The quantitative estimate of drug-likeness (QED) is 0.444. The van der Waals surface area contributed by atoms with Crippen molar-refractivity contribution < 1.29 is 14.4 Å². The van der Waals surface area contributed by atoms with Crippen LogP contribution in [0.4, 0.5) is 11.4 Å². The summed E-state index contributed by atoms with van der Waals surface area (Å²) in [5.41, 5.74) is 3.45. The molecule has 0 spiro atoms. The van der Waals surface area contributed by atoms with Gasteiger partial charge in [0.1, 0.15) is 0 Å². The molecule has 10 heteroatoms. The Balaban J connectivity index is 1.29. The third-order valence-electron chi connectivity index (χ3n) is 9.39. The van der Waals surface area contributed by atoms with Gasteiger partial charge in [0.25, 0.3) is 17.4 Å². The number of amides is 3. The molecule has 3 atom stereocenters. The second-order valence-corrected chi connectivity index (χ2v) is 12.1. The van der Waals surface area contributed by atoms with Crippen LogP contribution in [0.2, 0.25) is 0 Å². The van der Waals surface area contributed by atoms with Crippen molar-refractivity contribution in [3.63, 3.8) is 0 Å². The number of likely N-dealkylation sites (tertiary alicyclic amines) is 1. The maximum Gasteiger partial charge on any atom is 0.255 e. The molecule has 3 aliphatic rings. The predicted octanol–water partition coefficient (Wildman–Crippen LogP) is 3.84. The lowest BCUT2D eigenvalue weighted by molar-refractivity contribution is -0.136. The number of hydrogen-bond acceptors (Lipinski definition) is 6. The van der Waals surface area contributed by atoms with Gasteiger partial charge in [-0.3, -0.25) is 24.2 Å². The van der Waals surface area contributed by atoms with E-state index in [1.54, 1.807) is 41.6 Å². The van der Waals surface area contributed by atoms with E-state index in [0.29, 0.717) is 62.0 Å². The zero-order valence-electron chi connectivity index (χ0n) is 25.4. The number of fused-ring (bicyclic) bond motifs is 4. The lowest BCUT2D eigenvalue weighted by Gasteiger charge is -2.44. The average Bonchev–Trinajstić information content (AvgIpc) is 3.05. The van der Waals surface area contributed by atoms with Gasteiger partial charge in [0.2, 0.25) is 5.91 Å². The van der Waals surface area contributed by atoms with Crippen LogP contribution in [0.25, 0.3) is 0 Å². The molecule has 2 fully saturated rings. The molecule has 0 saturated carbocycles. The molecule has 10 nitrogen and oxygen atoms in total. The van der Waals surface area contributed by atoms with Gasteiger partial charge < -0.3 is 24.6 Å². The Morgan fingerprint density at radius 1 is 0.955 bits per heavy atom. The summed E-state index contributed by atoms with van der Waals surface area (Å²) in [6.45, 7) is 8.36. The minimum absolute atomic E-state index is 0.0394. The number of anilines is 2. The zero-order valence-corrected chi connectivity index (χ0v) is 25.4. The first-order valence-corrected chi connectivity index (χ1v) is 15.7. The van der Waals surface area contributed by atoms with Gasteiger partial charge in [-0.15, -0.1) is 0 Å². The number of nitrogens with one attached hydrogen (secondary N) is 1. The smallest absolute Gasteiger partial charge is 0.255 e. The summed E-state index contributed by atoms with van der Waals surface area (Å²) in [7, 11) is 0. The third kappa shape index (κ3) is 5.85. The molecular weight excluding hydrogens is 556 g/mol. The van der Waals surface area contributed by atoms with E-state index in [4.69, 9.17) is 0 Å². The molecule has 3 unspecified atom stereocenters. The Kier molecular flexibility index (Phi) is 8.50. The second-order valence-electron chi connectivity index (χ2n) is 12.1. The van der Waals surface area contributed by atoms with E-state index >= 15 is 0 Å². The minimum Gasteiger partial charge on any atom is -0.369 e. The molecule has 2 saturated heterocycles. The molecule has 44 heavy (non-hydrogen) atoms. The van der Waals surface area contributed by atoms with Crippen LogP contribution in [0.1, 0.15) is 65.4 Å². The van der Waals surface area contributed by atoms with Gasteiger partial charge in [-0.05, 0) is 75.4 Å². The lowest BCUT2D eigenvalue weighted by Crippen LogP contribution is -2.47. The van der Waals surface area contributed by atoms with Crippen molar-refractivity contribution in [3.8, 4) is 0 Å². The molecule has 3 aliphatic heterocycles. The molecule has 1 aromatic carbocycles. The molecule has 6 rings (SSSR count). The van der Waals surface area contributed by atoms with Crippen molar-refractivity contribution >= 4 is 29.1 Å². The topological polar surface area (TPSA) is 108 Å². The summed E-state index contributed by atoms with van der Waals surface area (Å²) in [5, 5.41) is 3.08. The van der Waals surface area contributed by atoms with Crippen LogP contribution in [-0.2, 0) is 11.3 Å². The summed E-state index contributed by atoms with van der Waals surface area (Å²) in [6, 6.07) is 14.3. The summed E-state index contributed by atoms with van der Waals surface area (Å²) in [6.07, 6.45) is 5.71. The Morgan fingerprint density at radius 3 is 2.52 bits per heavy atom. The van der Waals surface area contributed by atoms with Crippen molar-refractivity contribution in [1.29, 1.82) is 0 Å². The van der Waals surface area contributed by atoms with Crippen LogP contribution < -0.4 is 15.8 Å². The highest BCUT2D eigenvalue weighted by molar-refractivity contribution is 6.07. The van der Waals surface area contributed by atoms with E-state index in [2.05, 4.69) is 15.2 Å². The van der Waals surface area contributed by atoms with E-state index in [0.717, 1.165) is 37.2 Å². The van der Waals surface area contributed by atoms with E-state index in [9.17, 15) is 19.2 Å². The summed E-state index contributed by atoms with van der Waals surface area (Å²) < 4.78 is 1.90. The molecular formula is C34H40N6O4. The fourth-order valence-corrected chi connectivity index (χ4v) is 7.18. The highest BCUT2D eigenvalue weighted by Crippen LogP contribution is 2.39. The summed E-state index contributed by atoms with van der Waals surface area (Å²) >= 11 is 0. The van der Waals surface area contributed by atoms with Crippen LogP contribution in [0.5, 0.6) is 0 Å². The van der Waals surface area contributed by atoms with Gasteiger partial charge in [-0.2, -0.15) is 0 Å². The predicted molar refractivity (Wildman–Crippen MR) is 169 cm³/mol. The van der Waals surface area contributed by atoms with Gasteiger partial charge >= 0.3 is 0 Å². The van der Waals surface area contributed by atoms with E-state index in [1.807, 2.05) is 47.6 Å². The van der Waals surface area contributed by atoms with E-state index < -0.39 is 0 Å². The number of benzene rings is 1. The monoisotopic (exact) mass is 596 g/mol. The Labute approximate surface area is 257 Å². The minimum atomic E-state index is -0.282. The lowest BCUT2D eigenvalue weighted by atomic mass is 9.83. The van der Waals surface area contributed by atoms with Crippen LogP contribution >= 0.6 is 0 Å². The Bertz CT molecular complexity index is 1600. The average molecular weight is 597 g/mol. The second kappa shape index (κ2) is 12.6. The first kappa shape index (κ1) is 29.6. The fraction of sp³-hybridized carbons (Fsp3) is 0.441. The van der Waals surface area contributed by atoms with Crippen molar-refractivity contribution in [2.24, 2.45) is 11.8 Å². The normalized spacial score (nSPS) is 20.9. The largest absolute Gasteiger partial charge is 0.369 e. The maximum absolute atomic E-state index is 13.8. The van der Waals surface area contributed by atoms with Crippen molar-refractivity contribution in [2.45, 2.75) is 45.6 Å². The highest BCUT2D eigenvalue weighted by atomic mass is 16.2. The number of pyridine rings is 2. The maximum atomic E-state index is 13.8. The molecule has 1 N–H and O–H groups in total. The van der Waals surface area contributed by atoms with Gasteiger partial charge in [-0.25, -0.2) is 0 Å². The Morgan fingerprint density at radius 2 is 1.75 bits per heavy atom. The first-order chi connectivity index (χ1) is 21.4. The third-order valence-corrected chi connectivity index (χ3v) is 9.39. The molecule has 3 aromatic rings. The number of carbonyl (C=O) groups is 3. The van der Waals surface area contributed by atoms with E-state index in [-0.39, 0.29) is 35.1 Å². The first-order valence-electron chi connectivity index (χ1n) is 15.7. The molecule has 2 aromatic heterocycles. The fourth-order valence-electron chi connectivity index (χ4n) is 7.18. The number of carbonyl (C=O) groups excluding carboxylic acids is 3. The zero-order chi connectivity index (χ0) is 30.8. The molecule has 3 amide bonds. The SMILES string of the molecule is CCN(CC)C(=O)C1CCCN(C(=O)c2ccc(N3CC4CC(C3)c3cccc(=O)n3C4)c(NC(=O)c3ccncc3)c2)C1. The van der Waals surface area contributed by atoms with E-state index in [1.165, 1.54) is 0 Å². The van der Waals surface area contributed by atoms with Gasteiger partial charge in [0.05, 0.1) is 17.3 Å². The van der Waals surface area contributed by atoms with Crippen LogP contribution in [0, 0.1) is 11.8 Å². The van der Waals surface area contributed by atoms with Crippen LogP contribution in [0.15, 0.2) is 65.7 Å². The molecule has 5 heterocycles. The van der Waals surface area contributed by atoms with Crippen molar-refractivity contribution in [1.82, 2.24) is 19.4 Å². The Hall–Kier alpha value is -4.47. The standard InChI is InChI=1S/C34H40N6O4/c1-3-37(4-2)34(44)26-7-6-16-38(21-26)33(43)25-10-11-30(28(18-25)36-32(42)24-12-14-35-15-13-24)39-19-23-17-27(22-39)29-8-5-9-31(41)40(29)20-23/h5,8-15,18,23,26-27H,3-4,6-7,16-17,19-22H2,1-2H3,(H,36,42). The van der Waals surface area contributed by atoms with Gasteiger partial charge in [0, 0.05) is 87.0 Å². The summed E-state index contributed by atoms with van der Waals surface area (Å²) in [4.78, 5) is 62.7. The van der Waals surface area contributed by atoms with Crippen LogP contribution in [-0.4, -0.2) is 76.3 Å². The number of hydrogen-bond donors (Lipinski definition) is 1. The molecule has 0 radical (unpaired) electrons. The van der Waals surface area contributed by atoms with Crippen molar-refractivity contribution in [3.05, 3.63) is 88.1 Å².